The smallest absolute Gasteiger partial charge is 0.416 e. The Morgan fingerprint density at radius 2 is 1.82 bits per heavy atom. The fourth-order valence-corrected chi connectivity index (χ4v) is 7.17. The van der Waals surface area contributed by atoms with Crippen LogP contribution in [0.25, 0.3) is 0 Å². The van der Waals surface area contributed by atoms with E-state index < -0.39 is 17.3 Å². The minimum atomic E-state index is -4.46. The molecule has 40 heavy (non-hydrogen) atoms. The maximum Gasteiger partial charge on any atom is 0.416 e. The highest BCUT2D eigenvalue weighted by molar-refractivity contribution is 5.68. The number of hydrogen-bond donors (Lipinski definition) is 3. The van der Waals surface area contributed by atoms with Gasteiger partial charge in [0.15, 0.2) is 0 Å². The summed E-state index contributed by atoms with van der Waals surface area (Å²) >= 11 is 0. The quantitative estimate of drug-likeness (QED) is 0.377. The predicted molar refractivity (Wildman–Crippen MR) is 143 cm³/mol. The molecule has 0 radical (unpaired) electrons. The maximum absolute atomic E-state index is 13.4. The summed E-state index contributed by atoms with van der Waals surface area (Å²) in [5.41, 5.74) is -0.877. The molecule has 4 aliphatic rings. The molecule has 6 rings (SSSR count). The number of nitrogens with zero attached hydrogens (tertiary/aromatic N) is 3. The summed E-state index contributed by atoms with van der Waals surface area (Å²) < 4.78 is 45.6. The first-order valence-electron chi connectivity index (χ1n) is 13.7. The molecule has 4 aliphatic carbocycles. The predicted octanol–water partition coefficient (Wildman–Crippen LogP) is 6.11. The van der Waals surface area contributed by atoms with Crippen LogP contribution >= 0.6 is 0 Å². The van der Waals surface area contributed by atoms with E-state index >= 15 is 0 Å². The van der Waals surface area contributed by atoms with Gasteiger partial charge in [-0.05, 0) is 87.7 Å². The summed E-state index contributed by atoms with van der Waals surface area (Å²) in [5, 5.41) is 19.0. The number of carbonyl (C=O) groups is 1. The van der Waals surface area contributed by atoms with E-state index in [4.69, 9.17) is 4.74 Å². The van der Waals surface area contributed by atoms with E-state index in [9.17, 15) is 23.2 Å². The van der Waals surface area contributed by atoms with Crippen molar-refractivity contribution in [3.63, 3.8) is 0 Å². The standard InChI is InChI=1S/C29H35F3N6O2/c1-27(2,3)40-26(39)37-23-19-8-17-9-20(23)12-28(10-17,11-19)16-36-24-21(13-33)15-35-25(38-24)34-14-18-6-4-5-7-22(18)29(30,31)32/h4-7,15,17,19-20,23H,8-12,14,16H2,1-3H3,(H,37,39)(H2,34,35,36,38)/t17?,19-,20+,23-,28-. The first kappa shape index (κ1) is 28.0. The van der Waals surface area contributed by atoms with Gasteiger partial charge in [-0.3, -0.25) is 0 Å². The Morgan fingerprint density at radius 3 is 2.48 bits per heavy atom. The average Bonchev–Trinajstić information content (AvgIpc) is 2.86. The van der Waals surface area contributed by atoms with Crippen LogP contribution in [0.4, 0.5) is 29.7 Å². The monoisotopic (exact) mass is 556 g/mol. The van der Waals surface area contributed by atoms with Crippen LogP contribution in [0.2, 0.25) is 0 Å². The van der Waals surface area contributed by atoms with Crippen LogP contribution in [0.5, 0.6) is 0 Å². The van der Waals surface area contributed by atoms with Crippen molar-refractivity contribution in [1.29, 1.82) is 5.26 Å². The number of benzene rings is 1. The number of hydrogen-bond acceptors (Lipinski definition) is 7. The number of halogens is 3. The lowest BCUT2D eigenvalue weighted by atomic mass is 9.48. The van der Waals surface area contributed by atoms with Crippen molar-refractivity contribution >= 4 is 17.9 Å². The summed E-state index contributed by atoms with van der Waals surface area (Å²) in [6.07, 6.45) is 1.73. The fourth-order valence-electron chi connectivity index (χ4n) is 7.17. The Balaban J connectivity index is 1.25. The van der Waals surface area contributed by atoms with Crippen LogP contribution in [0.3, 0.4) is 0 Å². The number of carbonyl (C=O) groups excluding carboxylic acids is 1. The maximum atomic E-state index is 13.4. The molecule has 4 saturated carbocycles. The van der Waals surface area contributed by atoms with E-state index in [1.165, 1.54) is 18.3 Å². The number of nitrogens with one attached hydrogen (secondary N) is 3. The molecule has 3 N–H and O–H groups in total. The molecule has 1 heterocycles. The van der Waals surface area contributed by atoms with Crippen molar-refractivity contribution in [2.75, 3.05) is 17.2 Å². The number of rotatable bonds is 7. The second kappa shape index (κ2) is 10.5. The van der Waals surface area contributed by atoms with Crippen molar-refractivity contribution in [3.8, 4) is 6.07 Å². The van der Waals surface area contributed by atoms with Crippen molar-refractivity contribution in [3.05, 3.63) is 47.2 Å². The molecule has 0 saturated heterocycles. The molecule has 1 amide bonds. The van der Waals surface area contributed by atoms with Crippen LogP contribution in [0, 0.1) is 34.5 Å². The van der Waals surface area contributed by atoms with Crippen molar-refractivity contribution in [2.45, 2.75) is 77.2 Å². The van der Waals surface area contributed by atoms with Gasteiger partial charge in [0, 0.05) is 19.1 Å². The van der Waals surface area contributed by atoms with E-state index in [1.54, 1.807) is 6.07 Å². The SMILES string of the molecule is CC(C)(C)OC(=O)N[C@@H]1[C@@H]2CC3C[C@H]1C[C@@](CNc1nc(NCc4ccccc4C(F)(F)F)ncc1C#N)(C3)C2. The largest absolute Gasteiger partial charge is 0.444 e. The highest BCUT2D eigenvalue weighted by Gasteiger charge is 2.55. The van der Waals surface area contributed by atoms with E-state index in [2.05, 4.69) is 32.0 Å². The zero-order valence-corrected chi connectivity index (χ0v) is 22.9. The molecule has 4 fully saturated rings. The van der Waals surface area contributed by atoms with E-state index in [0.717, 1.165) is 38.2 Å². The van der Waals surface area contributed by atoms with Gasteiger partial charge in [0.05, 0.1) is 11.8 Å². The highest BCUT2D eigenvalue weighted by atomic mass is 19.4. The van der Waals surface area contributed by atoms with Gasteiger partial charge >= 0.3 is 12.3 Å². The second-order valence-electron chi connectivity index (χ2n) is 12.6. The van der Waals surface area contributed by atoms with Crippen LogP contribution in [-0.2, 0) is 17.5 Å². The van der Waals surface area contributed by atoms with Crippen LogP contribution in [0.1, 0.15) is 69.6 Å². The number of alkyl carbamates (subject to hydrolysis) is 1. The van der Waals surface area contributed by atoms with Crippen LogP contribution in [-0.4, -0.2) is 34.2 Å². The number of nitriles is 1. The molecular weight excluding hydrogens is 521 g/mol. The normalized spacial score (nSPS) is 27.1. The van der Waals surface area contributed by atoms with Gasteiger partial charge in [0.2, 0.25) is 5.95 Å². The van der Waals surface area contributed by atoms with E-state index in [0.29, 0.717) is 30.1 Å². The highest BCUT2D eigenvalue weighted by Crippen LogP contribution is 2.60. The number of anilines is 2. The molecule has 4 bridgehead atoms. The molecular formula is C29H35F3N6O2. The van der Waals surface area contributed by atoms with Crippen molar-refractivity contribution in [1.82, 2.24) is 15.3 Å². The van der Waals surface area contributed by atoms with Crippen LogP contribution in [0.15, 0.2) is 30.5 Å². The first-order valence-corrected chi connectivity index (χ1v) is 13.7. The Hall–Kier alpha value is -3.55. The third kappa shape index (κ3) is 6.11. The summed E-state index contributed by atoms with van der Waals surface area (Å²) in [6, 6.07) is 7.57. The average molecular weight is 557 g/mol. The minimum absolute atomic E-state index is 0.0273. The first-order chi connectivity index (χ1) is 18.8. The van der Waals surface area contributed by atoms with Gasteiger partial charge in [-0.25, -0.2) is 9.78 Å². The molecule has 1 aromatic carbocycles. The molecule has 2 aromatic rings. The molecule has 5 atom stereocenters. The van der Waals surface area contributed by atoms with Crippen molar-refractivity contribution in [2.24, 2.45) is 23.2 Å². The summed E-state index contributed by atoms with van der Waals surface area (Å²) in [7, 11) is 0. The van der Waals surface area contributed by atoms with Gasteiger partial charge in [-0.15, -0.1) is 0 Å². The van der Waals surface area contributed by atoms with Gasteiger partial charge in [-0.1, -0.05) is 18.2 Å². The van der Waals surface area contributed by atoms with Gasteiger partial charge in [-0.2, -0.15) is 23.4 Å². The number of amides is 1. The Labute approximate surface area is 232 Å². The molecule has 1 unspecified atom stereocenters. The van der Waals surface area contributed by atoms with Crippen molar-refractivity contribution < 1.29 is 22.7 Å². The minimum Gasteiger partial charge on any atom is -0.444 e. The zero-order chi connectivity index (χ0) is 28.7. The lowest BCUT2D eigenvalue weighted by Gasteiger charge is -2.60. The summed E-state index contributed by atoms with van der Waals surface area (Å²) in [4.78, 5) is 21.1. The van der Waals surface area contributed by atoms with Crippen LogP contribution < -0.4 is 16.0 Å². The molecule has 0 spiro atoms. The lowest BCUT2D eigenvalue weighted by molar-refractivity contribution is -0.138. The molecule has 0 aliphatic heterocycles. The fraction of sp³-hybridized carbons (Fsp3) is 0.586. The third-order valence-corrected chi connectivity index (χ3v) is 8.38. The second-order valence-corrected chi connectivity index (χ2v) is 12.6. The summed E-state index contributed by atoms with van der Waals surface area (Å²) in [6.45, 7) is 6.08. The Bertz CT molecular complexity index is 1290. The molecule has 214 valence electrons. The van der Waals surface area contributed by atoms with Gasteiger partial charge in [0.25, 0.3) is 0 Å². The van der Waals surface area contributed by atoms with E-state index in [1.807, 2.05) is 20.8 Å². The number of aromatic nitrogens is 2. The third-order valence-electron chi connectivity index (χ3n) is 8.38. The van der Waals surface area contributed by atoms with Gasteiger partial charge in [0.1, 0.15) is 23.1 Å². The van der Waals surface area contributed by atoms with Gasteiger partial charge < -0.3 is 20.7 Å². The number of ether oxygens (including phenoxy) is 1. The molecule has 1 aromatic heterocycles. The lowest BCUT2D eigenvalue weighted by Crippen LogP contribution is -2.60. The molecule has 8 nitrogen and oxygen atoms in total. The van der Waals surface area contributed by atoms with E-state index in [-0.39, 0.29) is 41.2 Å². The zero-order valence-electron chi connectivity index (χ0n) is 22.9. The summed E-state index contributed by atoms with van der Waals surface area (Å²) in [5.74, 6) is 1.84. The Kier molecular flexibility index (Phi) is 7.31. The Morgan fingerprint density at radius 1 is 1.12 bits per heavy atom. The molecule has 11 heteroatoms. The number of alkyl halides is 3. The topological polar surface area (TPSA) is 112 Å².